The van der Waals surface area contributed by atoms with Gasteiger partial charge in [0.1, 0.15) is 46.1 Å². The summed E-state index contributed by atoms with van der Waals surface area (Å²) >= 11 is 0. The number of rotatable bonds is 11. The maximum atomic E-state index is 9.28. The fraction of sp³-hybridized carbons (Fsp3) is 0.347. The minimum atomic E-state index is 0.0745. The van der Waals surface area contributed by atoms with Gasteiger partial charge in [-0.25, -0.2) is 40.4 Å². The average molecular weight is 1510 g/mol. The van der Waals surface area contributed by atoms with Crippen LogP contribution in [-0.2, 0) is 53.4 Å². The number of hydrogen-bond acceptors (Lipinski definition) is 12. The first-order valence-corrected chi connectivity index (χ1v) is 39.3. The van der Waals surface area contributed by atoms with Crippen LogP contribution in [0.1, 0.15) is 190 Å². The van der Waals surface area contributed by atoms with Crippen LogP contribution in [0.3, 0.4) is 0 Å². The fourth-order valence-electron chi connectivity index (χ4n) is 16.0. The van der Waals surface area contributed by atoms with E-state index in [2.05, 4.69) is 144 Å². The second-order valence-corrected chi connectivity index (χ2v) is 32.8. The summed E-state index contributed by atoms with van der Waals surface area (Å²) in [4.78, 5) is 23.0. The normalized spacial score (nSPS) is 20.4. The Morgan fingerprint density at radius 1 is 0.404 bits per heavy atom. The summed E-state index contributed by atoms with van der Waals surface area (Å²) in [6.45, 7) is 62.0. The Hall–Kier alpha value is -13.0. The number of hydrogen-bond donors (Lipinski definition) is 0. The van der Waals surface area contributed by atoms with Crippen LogP contribution in [0.2, 0.25) is 0 Å². The van der Waals surface area contributed by atoms with Crippen LogP contribution in [0.25, 0.3) is 43.7 Å². The molecule has 0 atom stereocenters. The molecule has 576 valence electrons. The Morgan fingerprint density at radius 2 is 0.702 bits per heavy atom. The molecule has 16 heteroatoms. The van der Waals surface area contributed by atoms with Crippen molar-refractivity contribution in [2.24, 2.45) is 0 Å². The molecule has 0 amide bonds. The van der Waals surface area contributed by atoms with Crippen molar-refractivity contribution in [2.45, 2.75) is 169 Å². The Bertz CT molecular complexity index is 5280. The Balaban J connectivity index is 0.000000151. The molecule has 0 aromatic heterocycles. The van der Waals surface area contributed by atoms with Crippen molar-refractivity contribution in [1.82, 2.24) is 0 Å². The van der Waals surface area contributed by atoms with E-state index in [0.717, 1.165) is 98.6 Å². The van der Waals surface area contributed by atoms with E-state index >= 15 is 0 Å². The highest BCUT2D eigenvalue weighted by Gasteiger charge is 2.42. The molecular formula is C98H100N12O4. The lowest BCUT2D eigenvalue weighted by molar-refractivity contribution is 0.304. The van der Waals surface area contributed by atoms with Gasteiger partial charge in [-0.3, -0.25) is 0 Å². The predicted molar refractivity (Wildman–Crippen MR) is 458 cm³/mol. The molecule has 0 saturated carbocycles. The zero-order chi connectivity index (χ0) is 81.8. The number of benzene rings is 4. The van der Waals surface area contributed by atoms with Crippen molar-refractivity contribution in [3.63, 3.8) is 0 Å². The molecule has 10 aliphatic heterocycles. The van der Waals surface area contributed by atoms with Gasteiger partial charge in [0.05, 0.1) is 50.6 Å². The third-order valence-electron chi connectivity index (χ3n) is 22.6. The van der Waals surface area contributed by atoms with E-state index in [1.807, 2.05) is 126 Å². The van der Waals surface area contributed by atoms with Gasteiger partial charge in [-0.15, -0.1) is 0 Å². The third kappa shape index (κ3) is 18.8. The van der Waals surface area contributed by atoms with Gasteiger partial charge in [-0.1, -0.05) is 106 Å². The topological polar surface area (TPSA) is 162 Å². The molecule has 0 saturated heterocycles. The van der Waals surface area contributed by atoms with E-state index in [9.17, 15) is 10.5 Å². The van der Waals surface area contributed by atoms with Gasteiger partial charge >= 0.3 is 0 Å². The third-order valence-corrected chi connectivity index (χ3v) is 22.6. The van der Waals surface area contributed by atoms with Crippen molar-refractivity contribution in [3.05, 3.63) is 326 Å². The van der Waals surface area contributed by atoms with Crippen molar-refractivity contribution in [1.29, 1.82) is 21.0 Å². The summed E-state index contributed by atoms with van der Waals surface area (Å²) in [5.74, 6) is 5.42. The number of aryl methyl sites for hydroxylation is 2. The summed E-state index contributed by atoms with van der Waals surface area (Å²) in [7, 11) is 4.00. The number of nitrogens with zero attached hydrogens (tertiary/aromatic N) is 12. The summed E-state index contributed by atoms with van der Waals surface area (Å²) in [5, 5.41) is 36.7. The predicted octanol–water partition coefficient (Wildman–Crippen LogP) is 22.7. The second-order valence-electron chi connectivity index (χ2n) is 32.8. The summed E-state index contributed by atoms with van der Waals surface area (Å²) in [6, 6.07) is 29.9. The molecule has 10 heterocycles. The molecule has 10 aliphatic rings. The SMILES string of the molecule is [C-]#[N+]/C(C#N)=C1/C=C(C)OC(/C=C/c2cc3c4c(c2)C(C)(C)CCN4CCC3(C)C)=C1.[C-]#[N+]/C(C#N)=C1/C=C(C)OC(/C=C/c2cc3c4c(c2)CCCN4CCC3)=C1.[C-]#[N+]/C(C#N)=C1C=C(/C=C/c2cc3c4c(c2)C(C)(C)CCN4CCC3(C)C)OC(CC)=C\1.[C-]#[N+]/C(C#N)=C1C=C(/C=C/c2ccc(N(C)C)cc2)OC(CC)=C\1. The summed E-state index contributed by atoms with van der Waals surface area (Å²) in [5.41, 5.74) is 22.0. The van der Waals surface area contributed by atoms with E-state index in [1.165, 1.54) is 81.9 Å². The van der Waals surface area contributed by atoms with Crippen molar-refractivity contribution in [2.75, 3.05) is 73.0 Å². The zero-order valence-electron chi connectivity index (χ0n) is 68.3. The van der Waals surface area contributed by atoms with Crippen LogP contribution in [-0.4, -0.2) is 53.4 Å². The molecule has 0 unspecified atom stereocenters. The molecule has 4 aromatic carbocycles. The van der Waals surface area contributed by atoms with E-state index in [1.54, 1.807) is 48.6 Å². The van der Waals surface area contributed by atoms with Crippen LogP contribution >= 0.6 is 0 Å². The van der Waals surface area contributed by atoms with Crippen LogP contribution in [0.5, 0.6) is 0 Å². The number of ether oxygens (including phenoxy) is 4. The number of anilines is 4. The molecule has 0 radical (unpaired) electrons. The number of nitriles is 4. The molecule has 16 nitrogen and oxygen atoms in total. The lowest BCUT2D eigenvalue weighted by Crippen LogP contribution is -2.44. The highest BCUT2D eigenvalue weighted by Crippen LogP contribution is 2.52. The van der Waals surface area contributed by atoms with Gasteiger partial charge < -0.3 is 38.5 Å². The lowest BCUT2D eigenvalue weighted by Gasteiger charge is -2.48. The number of allylic oxidation sites excluding steroid dienone is 24. The van der Waals surface area contributed by atoms with Crippen LogP contribution in [0.4, 0.5) is 22.7 Å². The van der Waals surface area contributed by atoms with Gasteiger partial charge in [0.2, 0.25) is 0 Å². The Morgan fingerprint density at radius 3 is 1.01 bits per heavy atom. The second kappa shape index (κ2) is 35.2. The summed E-state index contributed by atoms with van der Waals surface area (Å²) < 4.78 is 23.3. The largest absolute Gasteiger partial charge is 0.462 e. The van der Waals surface area contributed by atoms with Crippen molar-refractivity contribution in [3.8, 4) is 24.3 Å². The lowest BCUT2D eigenvalue weighted by atomic mass is 9.69. The van der Waals surface area contributed by atoms with Gasteiger partial charge in [-0.05, 0) is 286 Å². The van der Waals surface area contributed by atoms with Crippen molar-refractivity contribution < 1.29 is 18.9 Å². The maximum absolute atomic E-state index is 9.28. The quantitative estimate of drug-likeness (QED) is 0.103. The Labute approximate surface area is 675 Å². The van der Waals surface area contributed by atoms with Gasteiger partial charge in [0, 0.05) is 89.0 Å². The van der Waals surface area contributed by atoms with Crippen LogP contribution in [0, 0.1) is 71.6 Å². The monoisotopic (exact) mass is 1510 g/mol. The maximum Gasteiger partial charge on any atom is 0.269 e. The van der Waals surface area contributed by atoms with E-state index in [0.29, 0.717) is 69.7 Å². The molecular weight excluding hydrogens is 1410 g/mol. The molecule has 114 heavy (non-hydrogen) atoms. The zero-order valence-corrected chi connectivity index (χ0v) is 68.3. The van der Waals surface area contributed by atoms with Crippen molar-refractivity contribution >= 4 is 47.1 Å². The smallest absolute Gasteiger partial charge is 0.269 e. The Kier molecular flexibility index (Phi) is 25.3. The summed E-state index contributed by atoms with van der Waals surface area (Å²) in [6.07, 6.45) is 40.7. The molecule has 14 rings (SSSR count). The molecule has 0 fully saturated rings. The standard InChI is InChI=1S/C28H31N3O.C27H29N3O.C23H21N3O.C20H19N3O/c1-7-21-16-20(25(18-29)30-6)17-22(32-21)9-8-19-14-23-26-24(15-19)28(4,5)11-13-31(26)12-10-27(23,2)3;1-18-13-20(24(17-28)29-6)16-21(31-18)8-7-19-14-22-25-23(15-19)27(4,5)10-12-30(25)11-9-26(22,2)3;1-16-11-20(22(15-24)25-2)14-21(27-16)8-7-17-12-18-5-3-9-26-10-4-6-19(13-17)23(18)26;1-5-18-12-16(20(14-21)22-2)13-19(24-18)11-8-15-6-9-17(10-7-15)23(3)4/h8-9,14-17H,7,10-13H2,1-5H3;7-8,13-16H,9-12H2,1-5H3;7-8,11-14H,3-6,9-10H2,1H3;6-13H,5H2,1,3-4H3/b9-8+,25-20-;8-7+,24-20-;8-7+,22-20-;11-8+,20-16-. The first kappa shape index (κ1) is 82.0. The molecule has 0 spiro atoms. The van der Waals surface area contributed by atoms with Gasteiger partial charge in [0.25, 0.3) is 22.8 Å². The molecule has 0 aliphatic carbocycles. The minimum Gasteiger partial charge on any atom is -0.462 e. The van der Waals surface area contributed by atoms with Gasteiger partial charge in [-0.2, -0.15) is 0 Å². The van der Waals surface area contributed by atoms with E-state index < -0.39 is 0 Å². The first-order chi connectivity index (χ1) is 54.6. The van der Waals surface area contributed by atoms with Crippen LogP contribution < -0.4 is 19.6 Å². The molecule has 0 N–H and O–H groups in total. The van der Waals surface area contributed by atoms with Gasteiger partial charge in [0.15, 0.2) is 0 Å². The highest BCUT2D eigenvalue weighted by molar-refractivity contribution is 5.75. The minimum absolute atomic E-state index is 0.0745. The average Bonchev–Trinajstić information content (AvgIpc) is 0.736. The van der Waals surface area contributed by atoms with E-state index in [4.69, 9.17) is 55.8 Å². The first-order valence-electron chi connectivity index (χ1n) is 39.3. The van der Waals surface area contributed by atoms with E-state index in [-0.39, 0.29) is 44.4 Å². The molecule has 0 bridgehead atoms. The van der Waals surface area contributed by atoms with Crippen LogP contribution in [0.15, 0.2) is 225 Å². The molecule has 4 aromatic rings. The fourth-order valence-corrected chi connectivity index (χ4v) is 16.0. The highest BCUT2D eigenvalue weighted by atomic mass is 16.5.